The number of hydrogen-bond donors (Lipinski definition) is 1. The van der Waals surface area contributed by atoms with Crippen LogP contribution >= 0.6 is 0 Å². The van der Waals surface area contributed by atoms with Crippen LogP contribution in [0.1, 0.15) is 31.0 Å². The fraction of sp³-hybridized carbons (Fsp3) is 0.409. The summed E-state index contributed by atoms with van der Waals surface area (Å²) in [6.45, 7) is 6.77. The summed E-state index contributed by atoms with van der Waals surface area (Å²) >= 11 is 0. The Bertz CT molecular complexity index is 934. The topological polar surface area (TPSA) is 32.6 Å². The van der Waals surface area contributed by atoms with E-state index in [1.807, 2.05) is 0 Å². The Labute approximate surface area is 154 Å². The van der Waals surface area contributed by atoms with E-state index in [1.165, 1.54) is 48.4 Å². The SMILES string of the molecule is CC1CCN(Cc2c(-c3ccc4c(c3)CCN4)nc3ccccn23)CC1. The minimum Gasteiger partial charge on any atom is -0.384 e. The molecule has 0 atom stereocenters. The second kappa shape index (κ2) is 6.44. The zero-order chi connectivity index (χ0) is 17.5. The van der Waals surface area contributed by atoms with Crippen molar-refractivity contribution in [2.45, 2.75) is 32.7 Å². The second-order valence-electron chi connectivity index (χ2n) is 7.84. The molecule has 0 amide bonds. The Morgan fingerprint density at radius 3 is 2.92 bits per heavy atom. The average molecular weight is 346 g/mol. The van der Waals surface area contributed by atoms with Crippen molar-refractivity contribution >= 4 is 11.3 Å². The maximum Gasteiger partial charge on any atom is 0.137 e. The van der Waals surface area contributed by atoms with E-state index in [4.69, 9.17) is 4.98 Å². The first-order valence-electron chi connectivity index (χ1n) is 9.83. The lowest BCUT2D eigenvalue weighted by Crippen LogP contribution is -2.32. The molecule has 0 spiro atoms. The lowest BCUT2D eigenvalue weighted by atomic mass is 9.99. The molecule has 26 heavy (non-hydrogen) atoms. The van der Waals surface area contributed by atoms with Crippen molar-refractivity contribution in [2.24, 2.45) is 5.92 Å². The van der Waals surface area contributed by atoms with E-state index in [2.05, 4.69) is 64.1 Å². The molecule has 0 bridgehead atoms. The van der Waals surface area contributed by atoms with E-state index in [0.717, 1.165) is 36.8 Å². The minimum absolute atomic E-state index is 0.858. The standard InChI is InChI=1S/C22H26N4/c1-16-8-12-25(13-9-16)15-20-22(24-21-4-2-3-11-26(20)21)18-5-6-19-17(14-18)7-10-23-19/h2-6,11,14,16,23H,7-10,12-13,15H2,1H3. The van der Waals surface area contributed by atoms with Gasteiger partial charge in [-0.15, -0.1) is 0 Å². The number of fused-ring (bicyclic) bond motifs is 2. The number of nitrogens with one attached hydrogen (secondary N) is 1. The van der Waals surface area contributed by atoms with Crippen LogP contribution in [0.15, 0.2) is 42.6 Å². The van der Waals surface area contributed by atoms with Crippen LogP contribution in [-0.2, 0) is 13.0 Å². The molecule has 2 aliphatic heterocycles. The van der Waals surface area contributed by atoms with Crippen molar-refractivity contribution in [3.8, 4) is 11.3 Å². The van der Waals surface area contributed by atoms with Crippen LogP contribution < -0.4 is 5.32 Å². The van der Waals surface area contributed by atoms with Crippen molar-refractivity contribution in [3.05, 3.63) is 53.9 Å². The third-order valence-electron chi connectivity index (χ3n) is 5.97. The molecule has 1 aromatic carbocycles. The van der Waals surface area contributed by atoms with Gasteiger partial charge in [0.05, 0.1) is 11.4 Å². The molecular weight excluding hydrogens is 320 g/mol. The first-order chi connectivity index (χ1) is 12.8. The molecule has 4 heterocycles. The van der Waals surface area contributed by atoms with Gasteiger partial charge in [-0.2, -0.15) is 0 Å². The number of piperidine rings is 1. The molecule has 5 rings (SSSR count). The van der Waals surface area contributed by atoms with Crippen molar-refractivity contribution < 1.29 is 0 Å². The Morgan fingerprint density at radius 2 is 2.04 bits per heavy atom. The number of pyridine rings is 1. The zero-order valence-corrected chi connectivity index (χ0v) is 15.4. The number of imidazole rings is 1. The third kappa shape index (κ3) is 2.78. The summed E-state index contributed by atoms with van der Waals surface area (Å²) in [6, 6.07) is 13.1. The lowest BCUT2D eigenvalue weighted by Gasteiger charge is -2.30. The van der Waals surface area contributed by atoms with Crippen molar-refractivity contribution in [1.82, 2.24) is 14.3 Å². The highest BCUT2D eigenvalue weighted by Gasteiger charge is 2.21. The number of likely N-dealkylation sites (tertiary alicyclic amines) is 1. The number of anilines is 1. The molecule has 2 aliphatic rings. The van der Waals surface area contributed by atoms with E-state index < -0.39 is 0 Å². The van der Waals surface area contributed by atoms with Gasteiger partial charge >= 0.3 is 0 Å². The fourth-order valence-electron chi connectivity index (χ4n) is 4.31. The molecule has 4 nitrogen and oxygen atoms in total. The molecule has 134 valence electrons. The summed E-state index contributed by atoms with van der Waals surface area (Å²) in [4.78, 5) is 7.60. The highest BCUT2D eigenvalue weighted by molar-refractivity contribution is 5.71. The fourth-order valence-corrected chi connectivity index (χ4v) is 4.31. The van der Waals surface area contributed by atoms with E-state index >= 15 is 0 Å². The van der Waals surface area contributed by atoms with E-state index in [1.54, 1.807) is 0 Å². The number of hydrogen-bond acceptors (Lipinski definition) is 3. The number of benzene rings is 1. The Hall–Kier alpha value is -2.33. The monoisotopic (exact) mass is 346 g/mol. The molecule has 0 radical (unpaired) electrons. The maximum atomic E-state index is 5.00. The molecule has 1 fully saturated rings. The first-order valence-corrected chi connectivity index (χ1v) is 9.83. The Morgan fingerprint density at radius 1 is 1.15 bits per heavy atom. The largest absolute Gasteiger partial charge is 0.384 e. The third-order valence-corrected chi connectivity index (χ3v) is 5.97. The molecule has 0 aliphatic carbocycles. The normalized spacial score (nSPS) is 18.2. The van der Waals surface area contributed by atoms with E-state index in [9.17, 15) is 0 Å². The van der Waals surface area contributed by atoms with Crippen molar-refractivity contribution in [3.63, 3.8) is 0 Å². The van der Waals surface area contributed by atoms with Gasteiger partial charge in [0.25, 0.3) is 0 Å². The van der Waals surface area contributed by atoms with Crippen LogP contribution in [0.5, 0.6) is 0 Å². The molecule has 1 saturated heterocycles. The average Bonchev–Trinajstić information content (AvgIpc) is 3.28. The van der Waals surface area contributed by atoms with Crippen molar-refractivity contribution in [2.75, 3.05) is 25.0 Å². The minimum atomic E-state index is 0.858. The summed E-state index contributed by atoms with van der Waals surface area (Å²) in [7, 11) is 0. The predicted molar refractivity (Wildman–Crippen MR) is 106 cm³/mol. The number of rotatable bonds is 3. The summed E-state index contributed by atoms with van der Waals surface area (Å²) in [5.74, 6) is 0.858. The van der Waals surface area contributed by atoms with E-state index in [0.29, 0.717) is 0 Å². The van der Waals surface area contributed by atoms with Gasteiger partial charge in [-0.1, -0.05) is 19.1 Å². The van der Waals surface area contributed by atoms with Crippen LogP contribution in [0.3, 0.4) is 0 Å². The Balaban J connectivity index is 1.56. The second-order valence-corrected chi connectivity index (χ2v) is 7.84. The highest BCUT2D eigenvalue weighted by Crippen LogP contribution is 2.31. The Kier molecular flexibility index (Phi) is 3.93. The lowest BCUT2D eigenvalue weighted by molar-refractivity contribution is 0.183. The summed E-state index contributed by atoms with van der Waals surface area (Å²) in [5.41, 5.74) is 7.45. The molecule has 0 unspecified atom stereocenters. The molecule has 3 aromatic rings. The predicted octanol–water partition coefficient (Wildman–Crippen LogP) is 4.20. The van der Waals surface area contributed by atoms with Gasteiger partial charge in [-0.25, -0.2) is 4.98 Å². The number of aromatic nitrogens is 2. The zero-order valence-electron chi connectivity index (χ0n) is 15.4. The quantitative estimate of drug-likeness (QED) is 0.771. The van der Waals surface area contributed by atoms with Crippen LogP contribution in [-0.4, -0.2) is 33.9 Å². The first kappa shape index (κ1) is 15.9. The van der Waals surface area contributed by atoms with Gasteiger partial charge < -0.3 is 9.72 Å². The van der Waals surface area contributed by atoms with Crippen LogP contribution in [0.25, 0.3) is 16.9 Å². The smallest absolute Gasteiger partial charge is 0.137 e. The van der Waals surface area contributed by atoms with Gasteiger partial charge in [0.15, 0.2) is 0 Å². The van der Waals surface area contributed by atoms with Gasteiger partial charge in [0.2, 0.25) is 0 Å². The molecular formula is C22H26N4. The molecule has 0 saturated carbocycles. The van der Waals surface area contributed by atoms with Crippen LogP contribution in [0.2, 0.25) is 0 Å². The van der Waals surface area contributed by atoms with Gasteiger partial charge in [0, 0.05) is 30.5 Å². The number of nitrogens with zero attached hydrogens (tertiary/aromatic N) is 3. The maximum absolute atomic E-state index is 5.00. The van der Waals surface area contributed by atoms with Crippen LogP contribution in [0, 0.1) is 5.92 Å². The highest BCUT2D eigenvalue weighted by atomic mass is 15.2. The molecule has 1 N–H and O–H groups in total. The summed E-state index contributed by atoms with van der Waals surface area (Å²) < 4.78 is 2.28. The van der Waals surface area contributed by atoms with Gasteiger partial charge in [-0.05, 0) is 68.1 Å². The summed E-state index contributed by atoms with van der Waals surface area (Å²) in [5, 5.41) is 3.46. The van der Waals surface area contributed by atoms with Crippen LogP contribution in [0.4, 0.5) is 5.69 Å². The molecule has 2 aromatic heterocycles. The molecule has 4 heteroatoms. The van der Waals surface area contributed by atoms with Crippen molar-refractivity contribution in [1.29, 1.82) is 0 Å². The summed E-state index contributed by atoms with van der Waals surface area (Å²) in [6.07, 6.45) is 5.87. The van der Waals surface area contributed by atoms with Gasteiger partial charge in [0.1, 0.15) is 5.65 Å². The van der Waals surface area contributed by atoms with Gasteiger partial charge in [-0.3, -0.25) is 4.90 Å². The van der Waals surface area contributed by atoms with E-state index in [-0.39, 0.29) is 0 Å².